The fraction of sp³-hybridized carbons (Fsp3) is 0.455. The van der Waals surface area contributed by atoms with E-state index in [1.807, 2.05) is 32.0 Å². The molecule has 0 saturated heterocycles. The first-order valence-electron chi connectivity index (χ1n) is 10.2. The molecule has 0 bridgehead atoms. The Labute approximate surface area is 189 Å². The third kappa shape index (κ3) is 6.18. The molecule has 10 heteroatoms. The Hall–Kier alpha value is -3.16. The number of aromatic carboxylic acids is 1. The zero-order chi connectivity index (χ0) is 24.1. The third-order valence-corrected chi connectivity index (χ3v) is 6.37. The first-order chi connectivity index (χ1) is 15.0. The van der Waals surface area contributed by atoms with E-state index < -0.39 is 14.0 Å². The van der Waals surface area contributed by atoms with E-state index in [4.69, 9.17) is 9.47 Å². The number of rotatable bonds is 10. The summed E-state index contributed by atoms with van der Waals surface area (Å²) in [7, 11) is 2.37. The summed E-state index contributed by atoms with van der Waals surface area (Å²) in [5.41, 5.74) is 1.98. The number of aromatic nitrogens is 2. The number of aryl methyl sites for hydroxylation is 1. The molecule has 1 aromatic heterocycles. The Morgan fingerprint density at radius 3 is 2.59 bits per heavy atom. The van der Waals surface area contributed by atoms with E-state index in [1.165, 1.54) is 10.9 Å². The molecule has 2 rings (SSSR count). The predicted molar refractivity (Wildman–Crippen MR) is 126 cm³/mol. The lowest BCUT2D eigenvalue weighted by atomic mass is 10.1. The second kappa shape index (κ2) is 10.4. The number of imidazole rings is 1. The van der Waals surface area contributed by atoms with Crippen molar-refractivity contribution in [1.29, 1.82) is 5.26 Å². The van der Waals surface area contributed by atoms with Crippen LogP contribution >= 0.6 is 0 Å². The largest absolute Gasteiger partial charge is 0.475 e. The number of nitriles is 1. The molecule has 0 unspecified atom stereocenters. The van der Waals surface area contributed by atoms with Gasteiger partial charge < -0.3 is 19.5 Å². The van der Waals surface area contributed by atoms with Gasteiger partial charge in [0.05, 0.1) is 12.0 Å². The van der Waals surface area contributed by atoms with Crippen LogP contribution < -0.4 is 4.74 Å². The zero-order valence-electron chi connectivity index (χ0n) is 19.8. The van der Waals surface area contributed by atoms with Gasteiger partial charge in [0.1, 0.15) is 11.8 Å². The number of ether oxygens (including phenoxy) is 2. The SMILES string of the molecule is Cc1ccc(OCOCC[Si](C)(C)C)c(C)c1-n1c(C(=O)O)nc(C#N)c1/N=C/N(C)C. The minimum absolute atomic E-state index is 0.0692. The maximum atomic E-state index is 11.9. The normalized spacial score (nSPS) is 11.6. The Morgan fingerprint density at radius 2 is 2.03 bits per heavy atom. The molecule has 0 aliphatic carbocycles. The second-order valence-corrected chi connectivity index (χ2v) is 14.5. The van der Waals surface area contributed by atoms with Crippen molar-refractivity contribution in [3.05, 3.63) is 34.8 Å². The number of carboxylic acids is 1. The van der Waals surface area contributed by atoms with Gasteiger partial charge in [-0.05, 0) is 31.5 Å². The van der Waals surface area contributed by atoms with Crippen molar-refractivity contribution in [2.45, 2.75) is 39.5 Å². The number of hydrogen-bond acceptors (Lipinski definition) is 6. The van der Waals surface area contributed by atoms with Crippen LogP contribution in [0.2, 0.25) is 25.7 Å². The highest BCUT2D eigenvalue weighted by Gasteiger charge is 2.26. The summed E-state index contributed by atoms with van der Waals surface area (Å²) in [6.07, 6.45) is 1.50. The summed E-state index contributed by atoms with van der Waals surface area (Å²) in [5.74, 6) is -0.840. The zero-order valence-corrected chi connectivity index (χ0v) is 20.8. The lowest BCUT2D eigenvalue weighted by Crippen LogP contribution is -2.22. The number of carboxylic acid groups (broad SMARTS) is 1. The molecule has 1 aromatic carbocycles. The Balaban J connectivity index is 2.49. The lowest BCUT2D eigenvalue weighted by Gasteiger charge is -2.19. The number of hydrogen-bond donors (Lipinski definition) is 1. The quantitative estimate of drug-likeness (QED) is 0.189. The van der Waals surface area contributed by atoms with E-state index in [0.29, 0.717) is 23.6 Å². The van der Waals surface area contributed by atoms with Crippen LogP contribution in [0, 0.1) is 25.2 Å². The number of benzene rings is 1. The maximum Gasteiger partial charge on any atom is 0.372 e. The van der Waals surface area contributed by atoms with Crippen LogP contribution in [-0.4, -0.2) is 67.4 Å². The molecular weight excluding hydrogens is 426 g/mol. The lowest BCUT2D eigenvalue weighted by molar-refractivity contribution is 0.0216. The maximum absolute atomic E-state index is 11.9. The fourth-order valence-corrected chi connectivity index (χ4v) is 3.75. The first kappa shape index (κ1) is 25.1. The molecule has 32 heavy (non-hydrogen) atoms. The predicted octanol–water partition coefficient (Wildman–Crippen LogP) is 3.97. The molecule has 0 atom stereocenters. The van der Waals surface area contributed by atoms with E-state index in [-0.39, 0.29) is 24.1 Å². The Bertz CT molecular complexity index is 1050. The molecule has 0 radical (unpaired) electrons. The fourth-order valence-electron chi connectivity index (χ4n) is 2.99. The van der Waals surface area contributed by atoms with Crippen molar-refractivity contribution in [2.75, 3.05) is 27.5 Å². The molecule has 0 amide bonds. The summed E-state index contributed by atoms with van der Waals surface area (Å²) in [4.78, 5) is 22.0. The first-order valence-corrected chi connectivity index (χ1v) is 13.9. The number of carbonyl (C=O) groups is 1. The van der Waals surface area contributed by atoms with Gasteiger partial charge in [-0.1, -0.05) is 25.7 Å². The Morgan fingerprint density at radius 1 is 1.34 bits per heavy atom. The average molecular weight is 458 g/mol. The molecule has 0 aliphatic rings. The van der Waals surface area contributed by atoms with Crippen LogP contribution in [0.5, 0.6) is 5.75 Å². The summed E-state index contributed by atoms with van der Waals surface area (Å²) >= 11 is 0. The van der Waals surface area contributed by atoms with Gasteiger partial charge in [0, 0.05) is 34.3 Å². The molecule has 9 nitrogen and oxygen atoms in total. The minimum atomic E-state index is -1.26. The van der Waals surface area contributed by atoms with E-state index >= 15 is 0 Å². The number of nitrogens with zero attached hydrogens (tertiary/aromatic N) is 5. The van der Waals surface area contributed by atoms with Crippen LogP contribution in [0.15, 0.2) is 17.1 Å². The summed E-state index contributed by atoms with van der Waals surface area (Å²) < 4.78 is 12.9. The van der Waals surface area contributed by atoms with Gasteiger partial charge in [0.25, 0.3) is 0 Å². The van der Waals surface area contributed by atoms with Crippen LogP contribution in [0.4, 0.5) is 5.82 Å². The molecule has 0 saturated carbocycles. The van der Waals surface area contributed by atoms with Crippen molar-refractivity contribution < 1.29 is 19.4 Å². The molecule has 2 aromatic rings. The van der Waals surface area contributed by atoms with Crippen LogP contribution in [-0.2, 0) is 4.74 Å². The van der Waals surface area contributed by atoms with E-state index in [0.717, 1.165) is 11.6 Å². The third-order valence-electron chi connectivity index (χ3n) is 4.66. The topological polar surface area (TPSA) is 113 Å². The van der Waals surface area contributed by atoms with Crippen LogP contribution in [0.25, 0.3) is 5.69 Å². The smallest absolute Gasteiger partial charge is 0.372 e. The van der Waals surface area contributed by atoms with E-state index in [1.54, 1.807) is 19.0 Å². The summed E-state index contributed by atoms with van der Waals surface area (Å²) in [6, 6.07) is 6.63. The molecule has 1 heterocycles. The highest BCUT2D eigenvalue weighted by atomic mass is 28.3. The van der Waals surface area contributed by atoms with Crippen molar-refractivity contribution in [3.8, 4) is 17.5 Å². The Kier molecular flexibility index (Phi) is 8.18. The van der Waals surface area contributed by atoms with E-state index in [2.05, 4.69) is 29.6 Å². The van der Waals surface area contributed by atoms with Crippen LogP contribution in [0.1, 0.15) is 27.4 Å². The van der Waals surface area contributed by atoms with Gasteiger partial charge in [-0.3, -0.25) is 4.57 Å². The summed E-state index contributed by atoms with van der Waals surface area (Å²) in [5, 5.41) is 19.3. The monoisotopic (exact) mass is 457 g/mol. The average Bonchev–Trinajstić information content (AvgIpc) is 3.05. The van der Waals surface area contributed by atoms with Gasteiger partial charge in [0.15, 0.2) is 18.3 Å². The second-order valence-electron chi connectivity index (χ2n) is 8.90. The summed E-state index contributed by atoms with van der Waals surface area (Å²) in [6.45, 7) is 11.3. The van der Waals surface area contributed by atoms with Crippen LogP contribution in [0.3, 0.4) is 0 Å². The highest BCUT2D eigenvalue weighted by molar-refractivity contribution is 6.76. The van der Waals surface area contributed by atoms with Gasteiger partial charge in [-0.15, -0.1) is 0 Å². The van der Waals surface area contributed by atoms with Crippen molar-refractivity contribution in [1.82, 2.24) is 14.5 Å². The molecule has 172 valence electrons. The molecule has 0 fully saturated rings. The van der Waals surface area contributed by atoms with Crippen molar-refractivity contribution >= 4 is 26.2 Å². The van der Waals surface area contributed by atoms with Crippen molar-refractivity contribution in [2.24, 2.45) is 4.99 Å². The van der Waals surface area contributed by atoms with E-state index in [9.17, 15) is 15.2 Å². The van der Waals surface area contributed by atoms with Gasteiger partial charge in [0.2, 0.25) is 5.82 Å². The van der Waals surface area contributed by atoms with Gasteiger partial charge in [-0.2, -0.15) is 5.26 Å². The highest BCUT2D eigenvalue weighted by Crippen LogP contribution is 2.34. The molecule has 1 N–H and O–H groups in total. The molecule has 0 aliphatic heterocycles. The van der Waals surface area contributed by atoms with Gasteiger partial charge >= 0.3 is 5.97 Å². The number of aliphatic imine (C=N–C) groups is 1. The molecule has 0 spiro atoms. The standard InChI is InChI=1S/C22H31N5O4Si/c1-15-8-9-18(31-14-30-10-11-32(5,6)7)16(2)19(15)27-20(24-13-26(3)4)17(12-23)25-21(27)22(28)29/h8-9,13H,10-11,14H2,1-7H3,(H,28,29)/b24-13+. The minimum Gasteiger partial charge on any atom is -0.475 e. The van der Waals surface area contributed by atoms with Gasteiger partial charge in [-0.25, -0.2) is 14.8 Å². The molecular formula is C22H31N5O4Si. The van der Waals surface area contributed by atoms with Crippen molar-refractivity contribution in [3.63, 3.8) is 0 Å².